The van der Waals surface area contributed by atoms with Gasteiger partial charge in [0.2, 0.25) is 0 Å². The third-order valence-corrected chi connectivity index (χ3v) is 11.5. The molecule has 0 radical (unpaired) electrons. The Hall–Kier alpha value is -3.59. The lowest BCUT2D eigenvalue weighted by Gasteiger charge is -2.22. The molecule has 3 aromatic heterocycles. The van der Waals surface area contributed by atoms with E-state index in [4.69, 9.17) is 33.5 Å². The van der Waals surface area contributed by atoms with E-state index in [9.17, 15) is 63.3 Å². The van der Waals surface area contributed by atoms with E-state index >= 15 is 0 Å². The van der Waals surface area contributed by atoms with E-state index < -0.39 is 103 Å². The molecule has 328 valence electrons. The summed E-state index contributed by atoms with van der Waals surface area (Å²) in [6.07, 6.45) is -9.20. The van der Waals surface area contributed by atoms with Crippen molar-refractivity contribution in [1.82, 2.24) is 24.8 Å². The van der Waals surface area contributed by atoms with E-state index in [1.165, 1.54) is 12.3 Å². The number of amides is 1. The number of phosphoric ester groups is 3. The smallest absolute Gasteiger partial charge is 0.477 e. The first-order chi connectivity index (χ1) is 27.3. The molecule has 2 aliphatic heterocycles. The summed E-state index contributed by atoms with van der Waals surface area (Å²) in [6.45, 7) is 3.11. The van der Waals surface area contributed by atoms with E-state index in [1.807, 2.05) is 0 Å². The fourth-order valence-electron chi connectivity index (χ4n) is 5.90. The Balaban J connectivity index is 1.18. The molecule has 10 atom stereocenters. The number of aromatic nitrogens is 5. The predicted molar refractivity (Wildman–Crippen MR) is 191 cm³/mol. The number of nitrogens with one attached hydrogen (secondary N) is 1. The number of aliphatic hydroxyl groups is 3. The maximum atomic E-state index is 12.7. The van der Waals surface area contributed by atoms with Crippen molar-refractivity contribution < 1.29 is 99.9 Å². The SMILES string of the molecule is CC(C)(C)OC(=O)NCCCc1cc(C(=O)O)c[n+]([C@H]2O[C@@H](COP(=O)(O)OP(=O)(O)OC[C@H]3O[C@@H](n4cnc5c(N)ncnc54)[C@H](OP(=O)(O)O)[C@@H]3O)[C@H](O)[C@@H]2O)c1. The maximum absolute atomic E-state index is 12.7. The molecular formula is C29H43N7O20P3+. The summed E-state index contributed by atoms with van der Waals surface area (Å²) in [5, 5.41) is 44.5. The zero-order valence-electron chi connectivity index (χ0n) is 31.2. The van der Waals surface area contributed by atoms with Crippen LogP contribution in [0.5, 0.6) is 0 Å². The van der Waals surface area contributed by atoms with E-state index in [0.717, 1.165) is 28.0 Å². The molecule has 11 N–H and O–H groups in total. The highest BCUT2D eigenvalue weighted by Gasteiger charge is 2.52. The van der Waals surface area contributed by atoms with Crippen molar-refractivity contribution in [2.24, 2.45) is 0 Å². The van der Waals surface area contributed by atoms with Crippen LogP contribution in [0.1, 0.15) is 55.6 Å². The van der Waals surface area contributed by atoms with Gasteiger partial charge in [-0.05, 0) is 39.7 Å². The Morgan fingerprint density at radius 2 is 1.59 bits per heavy atom. The number of carboxylic acids is 1. The Labute approximate surface area is 333 Å². The van der Waals surface area contributed by atoms with Gasteiger partial charge >= 0.3 is 35.5 Å². The van der Waals surface area contributed by atoms with Crippen LogP contribution in [0.2, 0.25) is 0 Å². The number of carbonyl (C=O) groups excluding carboxylic acids is 1. The summed E-state index contributed by atoms with van der Waals surface area (Å²) in [5.41, 5.74) is 5.29. The topological polar surface area (TPSA) is 397 Å². The first-order valence-electron chi connectivity index (χ1n) is 17.3. The van der Waals surface area contributed by atoms with Gasteiger partial charge < -0.3 is 65.3 Å². The second-order valence-corrected chi connectivity index (χ2v) is 18.3. The van der Waals surface area contributed by atoms with Gasteiger partial charge in [-0.25, -0.2) is 38.2 Å². The number of hydrogen-bond donors (Lipinski definition) is 10. The number of rotatable bonds is 17. The van der Waals surface area contributed by atoms with Gasteiger partial charge in [0.15, 0.2) is 36.2 Å². The number of nitrogens with zero attached hydrogens (tertiary/aromatic N) is 5. The Morgan fingerprint density at radius 3 is 2.20 bits per heavy atom. The van der Waals surface area contributed by atoms with Gasteiger partial charge in [-0.1, -0.05) is 0 Å². The van der Waals surface area contributed by atoms with E-state index in [2.05, 4.69) is 24.6 Å². The molecule has 2 unspecified atom stereocenters. The van der Waals surface area contributed by atoms with Crippen LogP contribution in [-0.4, -0.2) is 134 Å². The highest BCUT2D eigenvalue weighted by atomic mass is 31.3. The molecule has 2 aliphatic rings. The molecule has 0 aromatic carbocycles. The summed E-state index contributed by atoms with van der Waals surface area (Å²) in [6, 6.07) is 1.35. The Bertz CT molecular complexity index is 2150. The number of carbonyl (C=O) groups is 2. The van der Waals surface area contributed by atoms with Crippen molar-refractivity contribution in [3.8, 4) is 0 Å². The quantitative estimate of drug-likeness (QED) is 0.0448. The molecular weight excluding hydrogens is 859 g/mol. The van der Waals surface area contributed by atoms with E-state index in [1.54, 1.807) is 20.8 Å². The fourth-order valence-corrected chi connectivity index (χ4v) is 8.53. The standard InChI is InChI=1S/C29H42N7O20P3/c1-29(2,3)54-28(42)31-6-4-5-14-7-15(27(40)41)9-35(8-14)25-21(39)19(37)16(52-25)10-50-58(46,47)56-59(48,49)51-11-17-20(38)22(55-57(43,44)45)26(53-17)36-13-34-18-23(30)32-12-33-24(18)36/h7-9,12-13,16-17,19-22,25-26,37-39H,4-6,10-11H2,1-3H3,(H7-,30,31,32,33,40,41,42,43,44,45,46,47,48,49)/p+1/t16-,17+,19-,20+,21-,22+,25-,26+/m0/s1. The van der Waals surface area contributed by atoms with Crippen molar-refractivity contribution >= 4 is 52.5 Å². The molecule has 1 amide bonds. The minimum Gasteiger partial charge on any atom is -0.477 e. The van der Waals surface area contributed by atoms with Crippen LogP contribution < -0.4 is 15.6 Å². The summed E-state index contributed by atoms with van der Waals surface area (Å²) in [5.74, 6) is -1.42. The average molecular weight is 903 g/mol. The number of hydrogen-bond acceptors (Lipinski definition) is 19. The van der Waals surface area contributed by atoms with Crippen molar-refractivity contribution in [1.29, 1.82) is 0 Å². The molecule has 3 aromatic rings. The zero-order chi connectivity index (χ0) is 43.7. The molecule has 0 bridgehead atoms. The first-order valence-corrected chi connectivity index (χ1v) is 21.8. The number of aromatic carboxylic acids is 1. The van der Waals surface area contributed by atoms with Crippen LogP contribution in [0.15, 0.2) is 31.1 Å². The lowest BCUT2D eigenvalue weighted by molar-refractivity contribution is -0.766. The minimum atomic E-state index is -5.60. The number of alkyl carbamates (subject to hydrolysis) is 1. The minimum absolute atomic E-state index is 0.0148. The average Bonchev–Trinajstić information content (AvgIpc) is 3.76. The van der Waals surface area contributed by atoms with E-state index in [0.29, 0.717) is 12.0 Å². The van der Waals surface area contributed by atoms with Gasteiger partial charge in [-0.2, -0.15) is 8.88 Å². The summed E-state index contributed by atoms with van der Waals surface area (Å²) in [4.78, 5) is 75.0. The molecule has 2 fully saturated rings. The third-order valence-electron chi connectivity index (χ3n) is 8.38. The second kappa shape index (κ2) is 18.2. The number of carboxylic acid groups (broad SMARTS) is 1. The summed E-state index contributed by atoms with van der Waals surface area (Å²) < 4.78 is 74.3. The highest BCUT2D eigenvalue weighted by molar-refractivity contribution is 7.61. The molecule has 0 aliphatic carbocycles. The van der Waals surface area contributed by atoms with Crippen molar-refractivity contribution in [2.45, 2.75) is 88.3 Å². The molecule has 0 saturated carbocycles. The molecule has 59 heavy (non-hydrogen) atoms. The van der Waals surface area contributed by atoms with Crippen molar-refractivity contribution in [3.05, 3.63) is 42.2 Å². The molecule has 0 spiro atoms. The van der Waals surface area contributed by atoms with Gasteiger partial charge in [-0.15, -0.1) is 0 Å². The van der Waals surface area contributed by atoms with E-state index in [-0.39, 0.29) is 35.5 Å². The van der Waals surface area contributed by atoms with Crippen molar-refractivity contribution in [2.75, 3.05) is 25.5 Å². The molecule has 5 heterocycles. The number of pyridine rings is 1. The first kappa shape index (κ1) is 46.5. The van der Waals surface area contributed by atoms with Crippen LogP contribution in [-0.2, 0) is 52.2 Å². The normalized spacial score (nSPS) is 27.0. The van der Waals surface area contributed by atoms with Crippen LogP contribution in [0.25, 0.3) is 11.2 Å². The van der Waals surface area contributed by atoms with Crippen LogP contribution in [0.3, 0.4) is 0 Å². The number of phosphoric acid groups is 3. The number of nitrogens with two attached hydrogens (primary N) is 1. The number of ether oxygens (including phenoxy) is 3. The third kappa shape index (κ3) is 12.3. The number of imidazole rings is 1. The molecule has 30 heteroatoms. The van der Waals surface area contributed by atoms with Crippen LogP contribution in [0, 0.1) is 0 Å². The Kier molecular flexibility index (Phi) is 14.3. The van der Waals surface area contributed by atoms with Gasteiger partial charge in [-0.3, -0.25) is 18.1 Å². The summed E-state index contributed by atoms with van der Waals surface area (Å²) >= 11 is 0. The number of nitrogen functional groups attached to an aromatic ring is 1. The highest BCUT2D eigenvalue weighted by Crippen LogP contribution is 2.61. The van der Waals surface area contributed by atoms with Crippen LogP contribution in [0.4, 0.5) is 10.6 Å². The monoisotopic (exact) mass is 902 g/mol. The second-order valence-electron chi connectivity index (χ2n) is 14.1. The number of fused-ring (bicyclic) bond motifs is 1. The lowest BCUT2D eigenvalue weighted by atomic mass is 10.1. The zero-order valence-corrected chi connectivity index (χ0v) is 33.9. The van der Waals surface area contributed by atoms with Gasteiger partial charge in [0.05, 0.1) is 19.5 Å². The molecule has 5 rings (SSSR count). The van der Waals surface area contributed by atoms with Crippen molar-refractivity contribution in [3.63, 3.8) is 0 Å². The van der Waals surface area contributed by atoms with Crippen LogP contribution >= 0.6 is 23.5 Å². The number of aliphatic hydroxyl groups excluding tert-OH is 3. The number of aryl methyl sites for hydroxylation is 1. The summed E-state index contributed by atoms with van der Waals surface area (Å²) in [7, 11) is -16.5. The predicted octanol–water partition coefficient (Wildman–Crippen LogP) is -0.842. The Morgan fingerprint density at radius 1 is 0.949 bits per heavy atom. The molecule has 2 saturated heterocycles. The van der Waals surface area contributed by atoms with Gasteiger partial charge in [0, 0.05) is 12.1 Å². The maximum Gasteiger partial charge on any atom is 0.481 e. The van der Waals surface area contributed by atoms with Gasteiger partial charge in [0.1, 0.15) is 53.5 Å². The lowest BCUT2D eigenvalue weighted by Crippen LogP contribution is -2.46. The number of anilines is 1. The molecule has 27 nitrogen and oxygen atoms in total. The van der Waals surface area contributed by atoms with Gasteiger partial charge in [0.25, 0.3) is 6.23 Å². The largest absolute Gasteiger partial charge is 0.481 e. The fraction of sp³-hybridized carbons (Fsp3) is 0.586.